The van der Waals surface area contributed by atoms with Gasteiger partial charge in [0.15, 0.2) is 0 Å². The Morgan fingerprint density at radius 3 is 2.67 bits per heavy atom. The molecule has 0 spiro atoms. The summed E-state index contributed by atoms with van der Waals surface area (Å²) >= 11 is 3.25. The van der Waals surface area contributed by atoms with Crippen molar-refractivity contribution in [1.29, 1.82) is 0 Å². The Balaban J connectivity index is 1.81. The highest BCUT2D eigenvalue weighted by molar-refractivity contribution is 9.10. The van der Waals surface area contributed by atoms with Crippen molar-refractivity contribution in [2.75, 3.05) is 7.05 Å². The maximum absolute atomic E-state index is 13.6. The Bertz CT molecular complexity index is 391. The van der Waals surface area contributed by atoms with E-state index in [1.165, 1.54) is 6.07 Å². The maximum Gasteiger partial charge on any atom is 0.129 e. The van der Waals surface area contributed by atoms with E-state index in [9.17, 15) is 4.39 Å². The molecule has 0 unspecified atom stereocenters. The molecule has 2 rings (SSSR count). The molecule has 18 heavy (non-hydrogen) atoms. The van der Waals surface area contributed by atoms with Crippen LogP contribution in [0.3, 0.4) is 0 Å². The Morgan fingerprint density at radius 2 is 2.06 bits per heavy atom. The van der Waals surface area contributed by atoms with E-state index in [1.54, 1.807) is 6.07 Å². The summed E-state index contributed by atoms with van der Waals surface area (Å²) in [6, 6.07) is 5.73. The lowest BCUT2D eigenvalue weighted by Crippen LogP contribution is -2.32. The van der Waals surface area contributed by atoms with Crippen molar-refractivity contribution in [3.63, 3.8) is 0 Å². The van der Waals surface area contributed by atoms with Gasteiger partial charge in [0.2, 0.25) is 0 Å². The first kappa shape index (κ1) is 14.0. The van der Waals surface area contributed by atoms with E-state index in [-0.39, 0.29) is 11.9 Å². The molecule has 1 N–H and O–H groups in total. The molecule has 0 bridgehead atoms. The van der Waals surface area contributed by atoms with E-state index in [0.717, 1.165) is 30.2 Å². The number of benzene rings is 1. The predicted octanol–water partition coefficient (Wildman–Crippen LogP) is 3.64. The summed E-state index contributed by atoms with van der Waals surface area (Å²) in [5, 5.41) is 3.29. The molecule has 0 aromatic heterocycles. The van der Waals surface area contributed by atoms with Crippen LogP contribution in [0.15, 0.2) is 22.7 Å². The van der Waals surface area contributed by atoms with E-state index in [4.69, 9.17) is 4.74 Å². The zero-order valence-corrected chi connectivity index (χ0v) is 12.2. The van der Waals surface area contributed by atoms with Gasteiger partial charge in [-0.15, -0.1) is 0 Å². The van der Waals surface area contributed by atoms with E-state index in [2.05, 4.69) is 21.2 Å². The minimum atomic E-state index is -0.201. The Labute approximate surface area is 116 Å². The van der Waals surface area contributed by atoms with Crippen molar-refractivity contribution in [3.8, 4) is 0 Å². The third-order valence-corrected chi connectivity index (χ3v) is 4.07. The van der Waals surface area contributed by atoms with Crippen LogP contribution in [-0.4, -0.2) is 19.2 Å². The van der Waals surface area contributed by atoms with Crippen molar-refractivity contribution in [2.45, 2.75) is 44.4 Å². The molecule has 0 amide bonds. The topological polar surface area (TPSA) is 21.3 Å². The van der Waals surface area contributed by atoms with Crippen LogP contribution in [0.25, 0.3) is 0 Å². The number of halogens is 2. The standard InChI is InChI=1S/C14H19BrFNO/c1-17-12-4-6-13(7-5-12)18-9-10-2-3-11(15)8-14(10)16/h2-3,8,12-13,17H,4-7,9H2,1H3. The second kappa shape index (κ2) is 6.64. The van der Waals surface area contributed by atoms with Gasteiger partial charge in [-0.3, -0.25) is 0 Å². The summed E-state index contributed by atoms with van der Waals surface area (Å²) in [5.41, 5.74) is 0.633. The fourth-order valence-corrected chi connectivity index (χ4v) is 2.70. The van der Waals surface area contributed by atoms with Crippen LogP contribution in [0.5, 0.6) is 0 Å². The van der Waals surface area contributed by atoms with Crippen molar-refractivity contribution in [2.24, 2.45) is 0 Å². The quantitative estimate of drug-likeness (QED) is 0.916. The fourth-order valence-electron chi connectivity index (χ4n) is 2.36. The second-order valence-corrected chi connectivity index (χ2v) is 5.72. The number of rotatable bonds is 4. The first-order valence-corrected chi connectivity index (χ1v) is 7.21. The molecule has 100 valence electrons. The predicted molar refractivity (Wildman–Crippen MR) is 74.0 cm³/mol. The second-order valence-electron chi connectivity index (χ2n) is 4.81. The van der Waals surface area contributed by atoms with Crippen LogP contribution in [-0.2, 0) is 11.3 Å². The molecule has 1 aromatic carbocycles. The van der Waals surface area contributed by atoms with Gasteiger partial charge < -0.3 is 10.1 Å². The lowest BCUT2D eigenvalue weighted by atomic mass is 9.93. The maximum atomic E-state index is 13.6. The molecule has 0 atom stereocenters. The molecular weight excluding hydrogens is 297 g/mol. The van der Waals surface area contributed by atoms with E-state index in [1.807, 2.05) is 13.1 Å². The lowest BCUT2D eigenvalue weighted by Gasteiger charge is -2.28. The molecular formula is C14H19BrFNO. The molecule has 1 fully saturated rings. The van der Waals surface area contributed by atoms with Crippen LogP contribution in [0.2, 0.25) is 0 Å². The van der Waals surface area contributed by atoms with E-state index >= 15 is 0 Å². The van der Waals surface area contributed by atoms with E-state index < -0.39 is 0 Å². The zero-order valence-electron chi connectivity index (χ0n) is 10.6. The van der Waals surface area contributed by atoms with Gasteiger partial charge in [-0.2, -0.15) is 0 Å². The molecule has 4 heteroatoms. The van der Waals surface area contributed by atoms with Crippen LogP contribution < -0.4 is 5.32 Å². The first-order chi connectivity index (χ1) is 8.69. The third-order valence-electron chi connectivity index (χ3n) is 3.57. The smallest absolute Gasteiger partial charge is 0.129 e. The van der Waals surface area contributed by atoms with Crippen LogP contribution in [0, 0.1) is 5.82 Å². The molecule has 1 aromatic rings. The highest BCUT2D eigenvalue weighted by Gasteiger charge is 2.20. The zero-order chi connectivity index (χ0) is 13.0. The van der Waals surface area contributed by atoms with Crippen molar-refractivity contribution >= 4 is 15.9 Å². The normalized spacial score (nSPS) is 24.2. The summed E-state index contributed by atoms with van der Waals surface area (Å²) in [6.07, 6.45) is 4.68. The van der Waals surface area contributed by atoms with Crippen LogP contribution in [0.4, 0.5) is 4.39 Å². The van der Waals surface area contributed by atoms with Gasteiger partial charge in [0.25, 0.3) is 0 Å². The third kappa shape index (κ3) is 3.77. The van der Waals surface area contributed by atoms with Crippen LogP contribution >= 0.6 is 15.9 Å². The highest BCUT2D eigenvalue weighted by Crippen LogP contribution is 2.23. The number of hydrogen-bond donors (Lipinski definition) is 1. The van der Waals surface area contributed by atoms with Crippen molar-refractivity contribution < 1.29 is 9.13 Å². The van der Waals surface area contributed by atoms with Gasteiger partial charge in [0, 0.05) is 16.1 Å². The van der Waals surface area contributed by atoms with Crippen LogP contribution in [0.1, 0.15) is 31.2 Å². The minimum absolute atomic E-state index is 0.201. The molecule has 0 aliphatic heterocycles. The Hall–Kier alpha value is -0.450. The molecule has 1 aliphatic rings. The highest BCUT2D eigenvalue weighted by atomic mass is 79.9. The average Bonchev–Trinajstić information content (AvgIpc) is 2.38. The van der Waals surface area contributed by atoms with Crippen molar-refractivity contribution in [3.05, 3.63) is 34.1 Å². The van der Waals surface area contributed by atoms with E-state index in [0.29, 0.717) is 18.2 Å². The lowest BCUT2D eigenvalue weighted by molar-refractivity contribution is 0.0106. The van der Waals surface area contributed by atoms with Gasteiger partial charge in [-0.1, -0.05) is 22.0 Å². The summed E-state index contributed by atoms with van der Waals surface area (Å²) in [5.74, 6) is -0.201. The number of nitrogens with one attached hydrogen (secondary N) is 1. The van der Waals surface area contributed by atoms with Gasteiger partial charge in [0.05, 0.1) is 12.7 Å². The van der Waals surface area contributed by atoms with Gasteiger partial charge in [-0.25, -0.2) is 4.39 Å². The van der Waals surface area contributed by atoms with Gasteiger partial charge in [-0.05, 0) is 44.9 Å². The summed E-state index contributed by atoms with van der Waals surface area (Å²) in [6.45, 7) is 0.369. The minimum Gasteiger partial charge on any atom is -0.373 e. The first-order valence-electron chi connectivity index (χ1n) is 6.42. The largest absolute Gasteiger partial charge is 0.373 e. The average molecular weight is 316 g/mol. The molecule has 1 aliphatic carbocycles. The number of hydrogen-bond acceptors (Lipinski definition) is 2. The van der Waals surface area contributed by atoms with Gasteiger partial charge in [0.1, 0.15) is 5.82 Å². The Morgan fingerprint density at radius 1 is 1.33 bits per heavy atom. The molecule has 0 saturated heterocycles. The summed E-state index contributed by atoms with van der Waals surface area (Å²) in [7, 11) is 2.00. The fraction of sp³-hybridized carbons (Fsp3) is 0.571. The molecule has 1 saturated carbocycles. The number of ether oxygens (including phenoxy) is 1. The van der Waals surface area contributed by atoms with Gasteiger partial charge >= 0.3 is 0 Å². The summed E-state index contributed by atoms with van der Waals surface area (Å²) in [4.78, 5) is 0. The molecule has 2 nitrogen and oxygen atoms in total. The Kier molecular flexibility index (Phi) is 5.15. The summed E-state index contributed by atoms with van der Waals surface area (Å²) < 4.78 is 20.2. The monoisotopic (exact) mass is 315 g/mol. The molecule has 0 heterocycles. The SMILES string of the molecule is CNC1CCC(OCc2ccc(Br)cc2F)CC1. The van der Waals surface area contributed by atoms with Crippen molar-refractivity contribution in [1.82, 2.24) is 5.32 Å². The molecule has 0 radical (unpaired) electrons.